The van der Waals surface area contributed by atoms with Gasteiger partial charge in [-0.2, -0.15) is 0 Å². The molecule has 0 aliphatic heterocycles. The topological polar surface area (TPSA) is 115 Å². The number of rotatable bonds is 3. The van der Waals surface area contributed by atoms with Gasteiger partial charge in [0.05, 0.1) is 0 Å². The van der Waals surface area contributed by atoms with Crippen molar-refractivity contribution >= 4 is 23.1 Å². The molecule has 0 bridgehead atoms. The Balaban J connectivity index is 2.30. The molecule has 2 heterocycles. The second kappa shape index (κ2) is 4.62. The number of nitrogen functional groups attached to an aromatic ring is 2. The van der Waals surface area contributed by atoms with Crippen molar-refractivity contribution in [3.05, 3.63) is 30.2 Å². The van der Waals surface area contributed by atoms with Crippen LogP contribution < -0.4 is 22.3 Å². The lowest BCUT2D eigenvalue weighted by atomic mass is 10.3. The summed E-state index contributed by atoms with van der Waals surface area (Å²) in [6.45, 7) is 1.90. The number of nitrogens with two attached hydrogens (primary N) is 2. The third-order valence-corrected chi connectivity index (χ3v) is 2.16. The minimum absolute atomic E-state index is 0.346. The highest BCUT2D eigenvalue weighted by atomic mass is 15.3. The second-order valence-electron chi connectivity index (χ2n) is 3.42. The van der Waals surface area contributed by atoms with Gasteiger partial charge in [-0.25, -0.2) is 20.8 Å². The normalized spacial score (nSPS) is 10.0. The number of hydrazine groups is 1. The fourth-order valence-electron chi connectivity index (χ4n) is 1.34. The number of aryl methyl sites for hydroxylation is 1. The molecule has 7 heteroatoms. The molecule has 0 fully saturated rings. The molecule has 0 saturated heterocycles. The predicted molar refractivity (Wildman–Crippen MR) is 66.5 cm³/mol. The molecule has 0 radical (unpaired) electrons. The zero-order chi connectivity index (χ0) is 12.3. The van der Waals surface area contributed by atoms with Crippen molar-refractivity contribution in [3.63, 3.8) is 0 Å². The van der Waals surface area contributed by atoms with Crippen LogP contribution in [0.1, 0.15) is 5.69 Å². The Morgan fingerprint density at radius 1 is 1.18 bits per heavy atom. The molecule has 0 aliphatic rings. The predicted octanol–water partition coefficient (Wildman–Crippen LogP) is 0.791. The minimum Gasteiger partial charge on any atom is -0.393 e. The van der Waals surface area contributed by atoms with Gasteiger partial charge < -0.3 is 16.5 Å². The SMILES string of the molecule is Cc1cccc(Nc2ncnc(NN)c2N)n1. The molecule has 0 spiro atoms. The Labute approximate surface area is 98.3 Å². The Morgan fingerprint density at radius 3 is 2.65 bits per heavy atom. The maximum Gasteiger partial charge on any atom is 0.168 e. The number of aromatic nitrogens is 3. The lowest BCUT2D eigenvalue weighted by Gasteiger charge is -2.10. The van der Waals surface area contributed by atoms with Crippen LogP contribution in [0.15, 0.2) is 24.5 Å². The summed E-state index contributed by atoms with van der Waals surface area (Å²) in [6.07, 6.45) is 1.36. The van der Waals surface area contributed by atoms with Crippen LogP contribution in [-0.4, -0.2) is 15.0 Å². The van der Waals surface area contributed by atoms with Gasteiger partial charge in [0.2, 0.25) is 0 Å². The highest BCUT2D eigenvalue weighted by Crippen LogP contribution is 2.23. The third-order valence-electron chi connectivity index (χ3n) is 2.16. The molecule has 0 aliphatic carbocycles. The van der Waals surface area contributed by atoms with Crippen LogP contribution in [0.25, 0.3) is 0 Å². The van der Waals surface area contributed by atoms with Gasteiger partial charge >= 0.3 is 0 Å². The Bertz CT molecular complexity index is 526. The van der Waals surface area contributed by atoms with Gasteiger partial charge in [0, 0.05) is 5.69 Å². The van der Waals surface area contributed by atoms with Gasteiger partial charge in [-0.15, -0.1) is 0 Å². The largest absolute Gasteiger partial charge is 0.393 e. The molecule has 17 heavy (non-hydrogen) atoms. The van der Waals surface area contributed by atoms with Gasteiger partial charge in [-0.3, -0.25) is 0 Å². The number of pyridine rings is 1. The summed E-state index contributed by atoms with van der Waals surface area (Å²) < 4.78 is 0. The van der Waals surface area contributed by atoms with Crippen LogP contribution in [0, 0.1) is 6.92 Å². The number of anilines is 4. The van der Waals surface area contributed by atoms with Crippen molar-refractivity contribution in [2.24, 2.45) is 5.84 Å². The molecule has 7 nitrogen and oxygen atoms in total. The average Bonchev–Trinajstić information content (AvgIpc) is 2.32. The van der Waals surface area contributed by atoms with Crippen LogP contribution in [0.5, 0.6) is 0 Å². The summed E-state index contributed by atoms with van der Waals surface area (Å²) in [4.78, 5) is 12.2. The molecule has 0 atom stereocenters. The summed E-state index contributed by atoms with van der Waals surface area (Å²) in [6, 6.07) is 5.62. The van der Waals surface area contributed by atoms with E-state index in [9.17, 15) is 0 Å². The molecular formula is C10H13N7. The fraction of sp³-hybridized carbons (Fsp3) is 0.100. The molecular weight excluding hydrogens is 218 g/mol. The highest BCUT2D eigenvalue weighted by molar-refractivity contribution is 5.76. The highest BCUT2D eigenvalue weighted by Gasteiger charge is 2.07. The lowest BCUT2D eigenvalue weighted by molar-refractivity contribution is 1.13. The molecule has 2 rings (SSSR count). The van der Waals surface area contributed by atoms with Crippen molar-refractivity contribution in [1.82, 2.24) is 15.0 Å². The minimum atomic E-state index is 0.346. The van der Waals surface area contributed by atoms with Crippen molar-refractivity contribution in [2.45, 2.75) is 6.92 Å². The summed E-state index contributed by atoms with van der Waals surface area (Å²) in [5.74, 6) is 6.77. The van der Waals surface area contributed by atoms with E-state index < -0.39 is 0 Å². The molecule has 0 unspecified atom stereocenters. The standard InChI is InChI=1S/C10H13N7/c1-6-3-2-4-7(15-6)16-9-8(11)10(17-12)14-5-13-9/h2-5H,11-12H2,1H3,(H2,13,14,15,16,17). The van der Waals surface area contributed by atoms with E-state index in [1.165, 1.54) is 6.33 Å². The molecule has 6 N–H and O–H groups in total. The van der Waals surface area contributed by atoms with Gasteiger partial charge in [-0.05, 0) is 19.1 Å². The van der Waals surface area contributed by atoms with E-state index in [1.807, 2.05) is 25.1 Å². The second-order valence-corrected chi connectivity index (χ2v) is 3.42. The van der Waals surface area contributed by atoms with Gasteiger partial charge in [0.1, 0.15) is 17.8 Å². The van der Waals surface area contributed by atoms with Crippen molar-refractivity contribution in [1.29, 1.82) is 0 Å². The zero-order valence-corrected chi connectivity index (χ0v) is 9.31. The van der Waals surface area contributed by atoms with E-state index in [0.29, 0.717) is 23.1 Å². The van der Waals surface area contributed by atoms with Crippen LogP contribution >= 0.6 is 0 Å². The molecule has 2 aromatic heterocycles. The van der Waals surface area contributed by atoms with E-state index in [-0.39, 0.29) is 0 Å². The molecule has 0 amide bonds. The molecule has 0 aromatic carbocycles. The first-order valence-electron chi connectivity index (χ1n) is 4.98. The van der Waals surface area contributed by atoms with Crippen molar-refractivity contribution in [3.8, 4) is 0 Å². The first-order valence-corrected chi connectivity index (χ1v) is 4.98. The Morgan fingerprint density at radius 2 is 1.94 bits per heavy atom. The number of nitrogens with zero attached hydrogens (tertiary/aromatic N) is 3. The third kappa shape index (κ3) is 2.40. The van der Waals surface area contributed by atoms with E-state index in [1.54, 1.807) is 0 Å². The Hall–Kier alpha value is -2.41. The maximum absolute atomic E-state index is 5.82. The molecule has 0 saturated carbocycles. The van der Waals surface area contributed by atoms with E-state index >= 15 is 0 Å². The van der Waals surface area contributed by atoms with Crippen LogP contribution in [0.4, 0.5) is 23.1 Å². The van der Waals surface area contributed by atoms with Crippen LogP contribution in [0.3, 0.4) is 0 Å². The number of nitrogens with one attached hydrogen (secondary N) is 2. The summed E-state index contributed by atoms with van der Waals surface area (Å²) in [7, 11) is 0. The zero-order valence-electron chi connectivity index (χ0n) is 9.31. The number of hydrogen-bond donors (Lipinski definition) is 4. The van der Waals surface area contributed by atoms with Crippen molar-refractivity contribution < 1.29 is 0 Å². The average molecular weight is 231 g/mol. The van der Waals surface area contributed by atoms with E-state index in [4.69, 9.17) is 11.6 Å². The van der Waals surface area contributed by atoms with Crippen molar-refractivity contribution in [2.75, 3.05) is 16.5 Å². The van der Waals surface area contributed by atoms with Gasteiger partial charge in [0.15, 0.2) is 11.6 Å². The van der Waals surface area contributed by atoms with Gasteiger partial charge in [0.25, 0.3) is 0 Å². The number of hydrogen-bond acceptors (Lipinski definition) is 7. The van der Waals surface area contributed by atoms with Crippen LogP contribution in [0.2, 0.25) is 0 Å². The lowest BCUT2D eigenvalue weighted by Crippen LogP contribution is -2.13. The summed E-state index contributed by atoms with van der Waals surface area (Å²) in [5.41, 5.74) is 9.47. The summed E-state index contributed by atoms with van der Waals surface area (Å²) >= 11 is 0. The summed E-state index contributed by atoms with van der Waals surface area (Å²) in [5, 5.41) is 3.00. The maximum atomic E-state index is 5.82. The molecule has 88 valence electrons. The Kier molecular flexibility index (Phi) is 3.01. The van der Waals surface area contributed by atoms with E-state index in [2.05, 4.69) is 25.7 Å². The van der Waals surface area contributed by atoms with E-state index in [0.717, 1.165) is 5.69 Å². The monoisotopic (exact) mass is 231 g/mol. The first-order chi connectivity index (χ1) is 8.20. The molecule has 2 aromatic rings. The smallest absolute Gasteiger partial charge is 0.168 e. The fourth-order valence-corrected chi connectivity index (χ4v) is 1.34. The van der Waals surface area contributed by atoms with Crippen LogP contribution in [-0.2, 0) is 0 Å². The quantitative estimate of drug-likeness (QED) is 0.456. The van der Waals surface area contributed by atoms with Gasteiger partial charge in [-0.1, -0.05) is 6.07 Å². The first kappa shape index (κ1) is 11.1.